The fourth-order valence-electron chi connectivity index (χ4n) is 2.31. The van der Waals surface area contributed by atoms with E-state index in [-0.39, 0.29) is 0 Å². The second kappa shape index (κ2) is 7.02. The maximum Gasteiger partial charge on any atom is 0.161 e. The van der Waals surface area contributed by atoms with Crippen LogP contribution in [0.15, 0.2) is 36.4 Å². The van der Waals surface area contributed by atoms with Crippen LogP contribution in [0.25, 0.3) is 0 Å². The second-order valence-electron chi connectivity index (χ2n) is 5.09. The van der Waals surface area contributed by atoms with Gasteiger partial charge in [0.2, 0.25) is 0 Å². The second-order valence-corrected chi connectivity index (χ2v) is 5.09. The molecule has 3 nitrogen and oxygen atoms in total. The highest BCUT2D eigenvalue weighted by molar-refractivity contribution is 5.53. The minimum atomic E-state index is 0.635. The minimum Gasteiger partial charge on any atom is -0.493 e. The maximum absolute atomic E-state index is 5.53. The van der Waals surface area contributed by atoms with Crippen molar-refractivity contribution >= 4 is 5.69 Å². The van der Waals surface area contributed by atoms with Crippen LogP contribution in [0.2, 0.25) is 0 Å². The van der Waals surface area contributed by atoms with E-state index in [1.165, 1.54) is 11.1 Å². The molecule has 0 amide bonds. The van der Waals surface area contributed by atoms with Gasteiger partial charge in [-0.3, -0.25) is 0 Å². The molecule has 0 heterocycles. The molecule has 2 aromatic rings. The number of hydrogen-bond acceptors (Lipinski definition) is 3. The smallest absolute Gasteiger partial charge is 0.161 e. The molecule has 0 fully saturated rings. The molecule has 0 unspecified atom stereocenters. The van der Waals surface area contributed by atoms with Gasteiger partial charge >= 0.3 is 0 Å². The van der Waals surface area contributed by atoms with Crippen LogP contribution in [-0.2, 0) is 6.54 Å². The van der Waals surface area contributed by atoms with Crippen LogP contribution in [0, 0.1) is 13.8 Å². The topological polar surface area (TPSA) is 30.5 Å². The van der Waals surface area contributed by atoms with Crippen molar-refractivity contribution in [3.8, 4) is 11.5 Å². The number of nitrogens with one attached hydrogen (secondary N) is 1. The van der Waals surface area contributed by atoms with Crippen LogP contribution >= 0.6 is 0 Å². The van der Waals surface area contributed by atoms with E-state index in [2.05, 4.69) is 43.4 Å². The average molecular weight is 285 g/mol. The van der Waals surface area contributed by atoms with Crippen molar-refractivity contribution in [3.05, 3.63) is 53.1 Å². The normalized spacial score (nSPS) is 10.3. The van der Waals surface area contributed by atoms with Crippen LogP contribution in [0.5, 0.6) is 11.5 Å². The van der Waals surface area contributed by atoms with Gasteiger partial charge in [0, 0.05) is 12.2 Å². The van der Waals surface area contributed by atoms with Gasteiger partial charge < -0.3 is 14.8 Å². The number of methoxy groups -OCH3 is 1. The third-order valence-electron chi connectivity index (χ3n) is 3.39. The summed E-state index contributed by atoms with van der Waals surface area (Å²) in [6, 6.07) is 12.5. The van der Waals surface area contributed by atoms with Crippen molar-refractivity contribution in [1.29, 1.82) is 0 Å². The molecule has 0 aliphatic rings. The van der Waals surface area contributed by atoms with Crippen LogP contribution < -0.4 is 14.8 Å². The maximum atomic E-state index is 5.53. The largest absolute Gasteiger partial charge is 0.493 e. The zero-order valence-corrected chi connectivity index (χ0v) is 13.2. The summed E-state index contributed by atoms with van der Waals surface area (Å²) in [5.41, 5.74) is 4.86. The van der Waals surface area contributed by atoms with E-state index in [1.54, 1.807) is 7.11 Å². The summed E-state index contributed by atoms with van der Waals surface area (Å²) in [4.78, 5) is 0. The SMILES string of the molecule is CCOc1ccc(CNc2ccc(C)cc2C)cc1OC. The Hall–Kier alpha value is -2.16. The molecule has 2 aromatic carbocycles. The lowest BCUT2D eigenvalue weighted by molar-refractivity contribution is 0.310. The Labute approximate surface area is 126 Å². The molecule has 1 N–H and O–H groups in total. The molecule has 21 heavy (non-hydrogen) atoms. The van der Waals surface area contributed by atoms with Gasteiger partial charge in [0.1, 0.15) is 0 Å². The Morgan fingerprint density at radius 3 is 2.48 bits per heavy atom. The van der Waals surface area contributed by atoms with Crippen LogP contribution in [0.3, 0.4) is 0 Å². The Balaban J connectivity index is 2.09. The van der Waals surface area contributed by atoms with Crippen molar-refractivity contribution in [2.45, 2.75) is 27.3 Å². The zero-order valence-electron chi connectivity index (χ0n) is 13.2. The molecule has 0 atom stereocenters. The number of hydrogen-bond donors (Lipinski definition) is 1. The molecule has 3 heteroatoms. The Morgan fingerprint density at radius 2 is 1.81 bits per heavy atom. The average Bonchev–Trinajstić information content (AvgIpc) is 2.47. The van der Waals surface area contributed by atoms with E-state index in [0.717, 1.165) is 29.3 Å². The van der Waals surface area contributed by atoms with Crippen molar-refractivity contribution in [2.75, 3.05) is 19.0 Å². The molecule has 0 aliphatic carbocycles. The first-order chi connectivity index (χ1) is 10.1. The quantitative estimate of drug-likeness (QED) is 0.857. The number of benzene rings is 2. The van der Waals surface area contributed by atoms with Gasteiger partial charge in [-0.15, -0.1) is 0 Å². The summed E-state index contributed by atoms with van der Waals surface area (Å²) in [6.07, 6.45) is 0. The van der Waals surface area contributed by atoms with Crippen LogP contribution in [-0.4, -0.2) is 13.7 Å². The number of aryl methyl sites for hydroxylation is 2. The molecule has 0 saturated carbocycles. The van der Waals surface area contributed by atoms with Crippen molar-refractivity contribution in [2.24, 2.45) is 0 Å². The van der Waals surface area contributed by atoms with E-state index >= 15 is 0 Å². The van der Waals surface area contributed by atoms with Gasteiger partial charge in [0.15, 0.2) is 11.5 Å². The zero-order chi connectivity index (χ0) is 15.2. The lowest BCUT2D eigenvalue weighted by Crippen LogP contribution is -2.02. The Bertz CT molecular complexity index is 608. The number of ether oxygens (including phenoxy) is 2. The molecule has 0 bridgehead atoms. The van der Waals surface area contributed by atoms with Gasteiger partial charge in [-0.1, -0.05) is 23.8 Å². The highest BCUT2D eigenvalue weighted by Gasteiger charge is 2.05. The van der Waals surface area contributed by atoms with Crippen LogP contribution in [0.1, 0.15) is 23.6 Å². The summed E-state index contributed by atoms with van der Waals surface area (Å²) < 4.78 is 10.9. The van der Waals surface area contributed by atoms with Gasteiger partial charge in [-0.25, -0.2) is 0 Å². The van der Waals surface area contributed by atoms with Crippen molar-refractivity contribution in [1.82, 2.24) is 0 Å². The highest BCUT2D eigenvalue weighted by Crippen LogP contribution is 2.28. The van der Waals surface area contributed by atoms with Crippen molar-refractivity contribution < 1.29 is 9.47 Å². The first-order valence-electron chi connectivity index (χ1n) is 7.25. The third kappa shape index (κ3) is 3.91. The molecule has 0 aliphatic heterocycles. The van der Waals surface area contributed by atoms with Gasteiger partial charge in [-0.05, 0) is 50.1 Å². The molecule has 0 saturated heterocycles. The minimum absolute atomic E-state index is 0.635. The standard InChI is InChI=1S/C18H23NO2/c1-5-21-17-9-7-15(11-18(17)20-4)12-19-16-8-6-13(2)10-14(16)3/h6-11,19H,5,12H2,1-4H3. The summed E-state index contributed by atoms with van der Waals surface area (Å²) in [5, 5.41) is 3.46. The number of rotatable bonds is 6. The monoisotopic (exact) mass is 285 g/mol. The van der Waals surface area contributed by atoms with E-state index in [1.807, 2.05) is 19.1 Å². The summed E-state index contributed by atoms with van der Waals surface area (Å²) in [5.74, 6) is 1.56. The first kappa shape index (κ1) is 15.2. The van der Waals surface area contributed by atoms with Gasteiger partial charge in [-0.2, -0.15) is 0 Å². The molecule has 112 valence electrons. The molecule has 2 rings (SSSR count). The van der Waals surface area contributed by atoms with Crippen LogP contribution in [0.4, 0.5) is 5.69 Å². The molecule has 0 aromatic heterocycles. The number of anilines is 1. The lowest BCUT2D eigenvalue weighted by Gasteiger charge is -2.13. The molecular formula is C18H23NO2. The Morgan fingerprint density at radius 1 is 1.00 bits per heavy atom. The fraction of sp³-hybridized carbons (Fsp3) is 0.333. The summed E-state index contributed by atoms with van der Waals surface area (Å²) in [7, 11) is 1.67. The van der Waals surface area contributed by atoms with Gasteiger partial charge in [0.25, 0.3) is 0 Å². The van der Waals surface area contributed by atoms with E-state index in [9.17, 15) is 0 Å². The Kier molecular flexibility index (Phi) is 5.09. The highest BCUT2D eigenvalue weighted by atomic mass is 16.5. The molecule has 0 radical (unpaired) electrons. The summed E-state index contributed by atoms with van der Waals surface area (Å²) in [6.45, 7) is 7.58. The summed E-state index contributed by atoms with van der Waals surface area (Å²) >= 11 is 0. The predicted molar refractivity (Wildman–Crippen MR) is 87.4 cm³/mol. The van der Waals surface area contributed by atoms with E-state index in [4.69, 9.17) is 9.47 Å². The fourth-order valence-corrected chi connectivity index (χ4v) is 2.31. The predicted octanol–water partition coefficient (Wildman–Crippen LogP) is 4.32. The first-order valence-corrected chi connectivity index (χ1v) is 7.25. The van der Waals surface area contributed by atoms with E-state index < -0.39 is 0 Å². The third-order valence-corrected chi connectivity index (χ3v) is 3.39. The van der Waals surface area contributed by atoms with E-state index in [0.29, 0.717) is 6.61 Å². The molecule has 0 spiro atoms. The lowest BCUT2D eigenvalue weighted by atomic mass is 10.1. The van der Waals surface area contributed by atoms with Gasteiger partial charge in [0.05, 0.1) is 13.7 Å². The molecular weight excluding hydrogens is 262 g/mol. The van der Waals surface area contributed by atoms with Crippen molar-refractivity contribution in [3.63, 3.8) is 0 Å².